The molecule has 6 nitrogen and oxygen atoms in total. The Morgan fingerprint density at radius 1 is 1.43 bits per heavy atom. The standard InChI is InChI=1S/C14H17F3N4O2/c15-14(16,17)8-20-7-9(6-11(20)22)13(23)21-5-1-2-10(21)12-18-3-4-19-12/h3-4,9-10H,1-2,5-8H2,(H,18,19). The van der Waals surface area contributed by atoms with Crippen molar-refractivity contribution in [2.75, 3.05) is 19.6 Å². The van der Waals surface area contributed by atoms with Crippen molar-refractivity contribution >= 4 is 11.8 Å². The van der Waals surface area contributed by atoms with Crippen LogP contribution in [0.3, 0.4) is 0 Å². The average molecular weight is 330 g/mol. The van der Waals surface area contributed by atoms with Crippen LogP contribution < -0.4 is 0 Å². The van der Waals surface area contributed by atoms with Crippen molar-refractivity contribution < 1.29 is 22.8 Å². The summed E-state index contributed by atoms with van der Waals surface area (Å²) in [6, 6.07) is -0.190. The van der Waals surface area contributed by atoms with Gasteiger partial charge < -0.3 is 14.8 Å². The van der Waals surface area contributed by atoms with Gasteiger partial charge in [0.1, 0.15) is 12.4 Å². The quantitative estimate of drug-likeness (QED) is 0.913. The van der Waals surface area contributed by atoms with Gasteiger partial charge in [0.25, 0.3) is 0 Å². The van der Waals surface area contributed by atoms with Gasteiger partial charge in [0.2, 0.25) is 11.8 Å². The zero-order valence-electron chi connectivity index (χ0n) is 12.3. The maximum Gasteiger partial charge on any atom is 0.406 e. The third-order valence-electron chi connectivity index (χ3n) is 4.30. The molecule has 3 rings (SSSR count). The number of carbonyl (C=O) groups is 2. The first kappa shape index (κ1) is 15.8. The molecule has 0 saturated carbocycles. The number of amides is 2. The van der Waals surface area contributed by atoms with Crippen LogP contribution >= 0.6 is 0 Å². The van der Waals surface area contributed by atoms with Crippen molar-refractivity contribution in [2.45, 2.75) is 31.5 Å². The zero-order valence-corrected chi connectivity index (χ0v) is 12.3. The number of likely N-dealkylation sites (tertiary alicyclic amines) is 2. The van der Waals surface area contributed by atoms with Crippen LogP contribution in [0.15, 0.2) is 12.4 Å². The maximum atomic E-state index is 12.6. The van der Waals surface area contributed by atoms with E-state index in [-0.39, 0.29) is 24.9 Å². The molecule has 2 aliphatic heterocycles. The zero-order chi connectivity index (χ0) is 16.6. The van der Waals surface area contributed by atoms with Crippen LogP contribution in [-0.2, 0) is 9.59 Å². The molecule has 0 spiro atoms. The molecule has 2 unspecified atom stereocenters. The number of halogens is 3. The average Bonchev–Trinajstić information content (AvgIpc) is 3.16. The summed E-state index contributed by atoms with van der Waals surface area (Å²) in [7, 11) is 0. The SMILES string of the molecule is O=C1CC(C(=O)N2CCCC2c2ncc[nH]2)CN1CC(F)(F)F. The van der Waals surface area contributed by atoms with E-state index in [2.05, 4.69) is 9.97 Å². The van der Waals surface area contributed by atoms with Crippen molar-refractivity contribution in [2.24, 2.45) is 5.92 Å². The Hall–Kier alpha value is -2.06. The minimum absolute atomic E-state index is 0.156. The molecular weight excluding hydrogens is 313 g/mol. The van der Waals surface area contributed by atoms with Crippen LogP contribution in [0.2, 0.25) is 0 Å². The highest BCUT2D eigenvalue weighted by Crippen LogP contribution is 2.33. The molecule has 2 fully saturated rings. The van der Waals surface area contributed by atoms with Crippen LogP contribution in [0, 0.1) is 5.92 Å². The fourth-order valence-corrected chi connectivity index (χ4v) is 3.32. The molecule has 126 valence electrons. The van der Waals surface area contributed by atoms with Crippen molar-refractivity contribution in [1.29, 1.82) is 0 Å². The number of hydrogen-bond donors (Lipinski definition) is 1. The number of nitrogens with zero attached hydrogens (tertiary/aromatic N) is 3. The lowest BCUT2D eigenvalue weighted by molar-refractivity contribution is -0.157. The monoisotopic (exact) mass is 330 g/mol. The first-order valence-electron chi connectivity index (χ1n) is 7.49. The van der Waals surface area contributed by atoms with Gasteiger partial charge in [-0.25, -0.2) is 4.98 Å². The van der Waals surface area contributed by atoms with Crippen molar-refractivity contribution in [3.05, 3.63) is 18.2 Å². The van der Waals surface area contributed by atoms with Crippen LogP contribution in [0.25, 0.3) is 0 Å². The van der Waals surface area contributed by atoms with E-state index in [4.69, 9.17) is 0 Å². The van der Waals surface area contributed by atoms with Crippen molar-refractivity contribution in [1.82, 2.24) is 19.8 Å². The van der Waals surface area contributed by atoms with Gasteiger partial charge in [-0.2, -0.15) is 13.2 Å². The summed E-state index contributed by atoms with van der Waals surface area (Å²) in [6.07, 6.45) is 0.228. The predicted molar refractivity (Wildman–Crippen MR) is 73.0 cm³/mol. The summed E-state index contributed by atoms with van der Waals surface area (Å²) in [5.41, 5.74) is 0. The number of aromatic nitrogens is 2. The fraction of sp³-hybridized carbons (Fsp3) is 0.643. The van der Waals surface area contributed by atoms with Crippen LogP contribution in [-0.4, -0.2) is 57.4 Å². The number of hydrogen-bond acceptors (Lipinski definition) is 3. The summed E-state index contributed by atoms with van der Waals surface area (Å²) in [4.78, 5) is 33.9. The molecule has 2 atom stereocenters. The Kier molecular flexibility index (Phi) is 4.03. The van der Waals surface area contributed by atoms with Gasteiger partial charge in [0.15, 0.2) is 0 Å². The normalized spacial score (nSPS) is 25.4. The number of nitrogens with one attached hydrogen (secondary N) is 1. The lowest BCUT2D eigenvalue weighted by atomic mass is 10.1. The number of imidazole rings is 1. The Morgan fingerprint density at radius 3 is 2.87 bits per heavy atom. The molecule has 2 amide bonds. The van der Waals surface area contributed by atoms with E-state index in [0.29, 0.717) is 12.4 Å². The molecule has 0 aliphatic carbocycles. The number of alkyl halides is 3. The van der Waals surface area contributed by atoms with E-state index in [0.717, 1.165) is 17.7 Å². The van der Waals surface area contributed by atoms with Gasteiger partial charge in [-0.05, 0) is 12.8 Å². The van der Waals surface area contributed by atoms with Gasteiger partial charge in [0, 0.05) is 31.9 Å². The van der Waals surface area contributed by atoms with E-state index in [9.17, 15) is 22.8 Å². The van der Waals surface area contributed by atoms with Gasteiger partial charge >= 0.3 is 6.18 Å². The van der Waals surface area contributed by atoms with Gasteiger partial charge in [-0.15, -0.1) is 0 Å². The minimum Gasteiger partial charge on any atom is -0.347 e. The predicted octanol–water partition coefficient (Wildman–Crippen LogP) is 1.48. The molecule has 23 heavy (non-hydrogen) atoms. The third-order valence-corrected chi connectivity index (χ3v) is 4.30. The van der Waals surface area contributed by atoms with Crippen LogP contribution in [0.1, 0.15) is 31.1 Å². The number of aromatic amines is 1. The van der Waals surface area contributed by atoms with E-state index < -0.39 is 24.5 Å². The van der Waals surface area contributed by atoms with Crippen molar-refractivity contribution in [3.8, 4) is 0 Å². The highest BCUT2D eigenvalue weighted by Gasteiger charge is 2.43. The summed E-state index contributed by atoms with van der Waals surface area (Å²) >= 11 is 0. The largest absolute Gasteiger partial charge is 0.406 e. The molecular formula is C14H17F3N4O2. The summed E-state index contributed by atoms with van der Waals surface area (Å²) in [6.45, 7) is -0.927. The molecule has 1 N–H and O–H groups in total. The lowest BCUT2D eigenvalue weighted by Gasteiger charge is -2.26. The second-order valence-electron chi connectivity index (χ2n) is 5.95. The van der Waals surface area contributed by atoms with Crippen molar-refractivity contribution in [3.63, 3.8) is 0 Å². The lowest BCUT2D eigenvalue weighted by Crippen LogP contribution is -2.39. The van der Waals surface area contributed by atoms with E-state index in [1.54, 1.807) is 17.3 Å². The maximum absolute atomic E-state index is 12.6. The fourth-order valence-electron chi connectivity index (χ4n) is 3.32. The Labute approximate surface area is 130 Å². The number of rotatable bonds is 3. The van der Waals surface area contributed by atoms with Crippen LogP contribution in [0.4, 0.5) is 13.2 Å². The van der Waals surface area contributed by atoms with Gasteiger partial charge in [-0.3, -0.25) is 9.59 Å². The van der Waals surface area contributed by atoms with Crippen LogP contribution in [0.5, 0.6) is 0 Å². The molecule has 1 aromatic heterocycles. The molecule has 2 aliphatic rings. The highest BCUT2D eigenvalue weighted by molar-refractivity contribution is 5.89. The molecule has 2 saturated heterocycles. The van der Waals surface area contributed by atoms with Gasteiger partial charge in [0.05, 0.1) is 12.0 Å². The van der Waals surface area contributed by atoms with E-state index in [1.165, 1.54) is 0 Å². The molecule has 0 radical (unpaired) electrons. The first-order valence-corrected chi connectivity index (χ1v) is 7.49. The highest BCUT2D eigenvalue weighted by atomic mass is 19.4. The topological polar surface area (TPSA) is 69.3 Å². The van der Waals surface area contributed by atoms with E-state index >= 15 is 0 Å². The smallest absolute Gasteiger partial charge is 0.347 e. The second kappa shape index (κ2) is 5.86. The number of H-pyrrole nitrogens is 1. The molecule has 3 heterocycles. The Balaban J connectivity index is 1.68. The Morgan fingerprint density at radius 2 is 2.22 bits per heavy atom. The minimum atomic E-state index is -4.45. The first-order chi connectivity index (χ1) is 10.8. The molecule has 1 aromatic rings. The third kappa shape index (κ3) is 3.32. The Bertz CT molecular complexity index is 587. The van der Waals surface area contributed by atoms with E-state index in [1.807, 2.05) is 0 Å². The van der Waals surface area contributed by atoms with Gasteiger partial charge in [-0.1, -0.05) is 0 Å². The summed E-state index contributed by atoms with van der Waals surface area (Å²) in [5.74, 6) is -0.913. The molecule has 9 heteroatoms. The number of carbonyl (C=O) groups excluding carboxylic acids is 2. The molecule has 0 aromatic carbocycles. The summed E-state index contributed by atoms with van der Waals surface area (Å²) < 4.78 is 37.4. The molecule has 0 bridgehead atoms. The summed E-state index contributed by atoms with van der Waals surface area (Å²) in [5, 5.41) is 0. The second-order valence-corrected chi connectivity index (χ2v) is 5.95.